The van der Waals surface area contributed by atoms with Gasteiger partial charge in [-0.05, 0) is 18.3 Å². The predicted molar refractivity (Wildman–Crippen MR) is 75.9 cm³/mol. The van der Waals surface area contributed by atoms with Gasteiger partial charge < -0.3 is 10.1 Å². The molecule has 2 aliphatic rings. The van der Waals surface area contributed by atoms with Crippen molar-refractivity contribution in [2.24, 2.45) is 5.41 Å². The van der Waals surface area contributed by atoms with Gasteiger partial charge in [0.2, 0.25) is 0 Å². The predicted octanol–water partition coefficient (Wildman–Crippen LogP) is 2.27. The van der Waals surface area contributed by atoms with Crippen LogP contribution < -0.4 is 5.32 Å². The second-order valence-electron chi connectivity index (χ2n) is 6.95. The fourth-order valence-corrected chi connectivity index (χ4v) is 3.00. The normalized spacial score (nSPS) is 27.8. The monoisotopic (exact) mass is 254 g/mol. The molecule has 0 spiro atoms. The van der Waals surface area contributed by atoms with Crippen molar-refractivity contribution in [1.29, 1.82) is 0 Å². The fourth-order valence-electron chi connectivity index (χ4n) is 3.00. The Morgan fingerprint density at radius 3 is 2.61 bits per heavy atom. The number of nitrogens with zero attached hydrogens (tertiary/aromatic N) is 1. The zero-order valence-corrected chi connectivity index (χ0v) is 12.4. The van der Waals surface area contributed by atoms with Crippen LogP contribution in [0.5, 0.6) is 0 Å². The van der Waals surface area contributed by atoms with E-state index in [1.54, 1.807) is 0 Å². The Hall–Kier alpha value is -0.120. The van der Waals surface area contributed by atoms with Crippen LogP contribution in [0.2, 0.25) is 0 Å². The van der Waals surface area contributed by atoms with Crippen LogP contribution in [0.4, 0.5) is 0 Å². The van der Waals surface area contributed by atoms with Crippen molar-refractivity contribution in [2.75, 3.05) is 32.8 Å². The summed E-state index contributed by atoms with van der Waals surface area (Å²) in [7, 11) is 0. The van der Waals surface area contributed by atoms with Crippen LogP contribution in [0, 0.1) is 5.41 Å². The Bertz CT molecular complexity index is 243. The van der Waals surface area contributed by atoms with Crippen LogP contribution in [0.1, 0.15) is 46.5 Å². The summed E-state index contributed by atoms with van der Waals surface area (Å²) in [6, 6.07) is 0.609. The lowest BCUT2D eigenvalue weighted by molar-refractivity contribution is 0.0313. The number of hydrogen-bond acceptors (Lipinski definition) is 3. The maximum Gasteiger partial charge on any atom is 0.0597 e. The van der Waals surface area contributed by atoms with Crippen molar-refractivity contribution >= 4 is 0 Å². The van der Waals surface area contributed by atoms with Gasteiger partial charge in [0.25, 0.3) is 0 Å². The van der Waals surface area contributed by atoms with Crippen molar-refractivity contribution < 1.29 is 4.74 Å². The molecule has 106 valence electrons. The molecule has 18 heavy (non-hydrogen) atoms. The Balaban J connectivity index is 1.66. The van der Waals surface area contributed by atoms with Gasteiger partial charge in [-0.25, -0.2) is 0 Å². The molecule has 1 N–H and O–H groups in total. The summed E-state index contributed by atoms with van der Waals surface area (Å²) >= 11 is 0. The van der Waals surface area contributed by atoms with Gasteiger partial charge in [0.05, 0.1) is 12.7 Å². The number of hydrogen-bond donors (Lipinski definition) is 1. The molecule has 1 saturated heterocycles. The Labute approximate surface area is 112 Å². The van der Waals surface area contributed by atoms with E-state index in [2.05, 4.69) is 31.0 Å². The Morgan fingerprint density at radius 1 is 1.22 bits per heavy atom. The number of ether oxygens (including phenoxy) is 1. The molecule has 0 aromatic carbocycles. The molecule has 2 fully saturated rings. The highest BCUT2D eigenvalue weighted by Crippen LogP contribution is 2.22. The first-order valence-corrected chi connectivity index (χ1v) is 7.63. The van der Waals surface area contributed by atoms with Gasteiger partial charge >= 0.3 is 0 Å². The zero-order valence-electron chi connectivity index (χ0n) is 12.4. The smallest absolute Gasteiger partial charge is 0.0597 e. The molecule has 0 bridgehead atoms. The quantitative estimate of drug-likeness (QED) is 0.833. The van der Waals surface area contributed by atoms with Crippen molar-refractivity contribution in [1.82, 2.24) is 10.2 Å². The van der Waals surface area contributed by atoms with Gasteiger partial charge in [0.15, 0.2) is 0 Å². The van der Waals surface area contributed by atoms with E-state index < -0.39 is 0 Å². The summed E-state index contributed by atoms with van der Waals surface area (Å²) in [5.74, 6) is 0. The minimum Gasteiger partial charge on any atom is -0.377 e. The standard InChI is InChI=1S/C15H30N2O/c1-15(2,3)14-12-17(9-8-16-14)10-11-18-13-6-4-5-7-13/h13-14,16H,4-12H2,1-3H3. The lowest BCUT2D eigenvalue weighted by Gasteiger charge is -2.40. The average Bonchev–Trinajstić information content (AvgIpc) is 2.81. The number of rotatable bonds is 4. The summed E-state index contributed by atoms with van der Waals surface area (Å²) in [5.41, 5.74) is 0.352. The van der Waals surface area contributed by atoms with Crippen LogP contribution in [0.25, 0.3) is 0 Å². The molecule has 1 atom stereocenters. The van der Waals surface area contributed by atoms with Gasteiger partial charge in [0, 0.05) is 32.2 Å². The van der Waals surface area contributed by atoms with Crippen LogP contribution in [-0.2, 0) is 4.74 Å². The molecule has 2 rings (SSSR count). The Kier molecular flexibility index (Phi) is 5.05. The summed E-state index contributed by atoms with van der Waals surface area (Å²) in [6.07, 6.45) is 5.86. The first kappa shape index (κ1) is 14.3. The van der Waals surface area contributed by atoms with E-state index in [-0.39, 0.29) is 0 Å². The summed E-state index contributed by atoms with van der Waals surface area (Å²) < 4.78 is 5.96. The molecule has 0 radical (unpaired) electrons. The topological polar surface area (TPSA) is 24.5 Å². The molecule has 1 heterocycles. The zero-order chi connectivity index (χ0) is 13.0. The maximum absolute atomic E-state index is 5.96. The fraction of sp³-hybridized carbons (Fsp3) is 1.00. The van der Waals surface area contributed by atoms with E-state index in [1.165, 1.54) is 32.2 Å². The van der Waals surface area contributed by atoms with E-state index in [0.717, 1.165) is 26.2 Å². The van der Waals surface area contributed by atoms with E-state index in [9.17, 15) is 0 Å². The first-order chi connectivity index (χ1) is 8.55. The SMILES string of the molecule is CC(C)(C)C1CN(CCOC2CCCC2)CCN1. The highest BCUT2D eigenvalue weighted by molar-refractivity contribution is 4.87. The van der Waals surface area contributed by atoms with Crippen LogP contribution in [0.3, 0.4) is 0 Å². The largest absolute Gasteiger partial charge is 0.377 e. The van der Waals surface area contributed by atoms with Crippen molar-refractivity contribution in [3.05, 3.63) is 0 Å². The molecule has 3 heteroatoms. The second kappa shape index (κ2) is 6.36. The van der Waals surface area contributed by atoms with Gasteiger partial charge in [0.1, 0.15) is 0 Å². The lowest BCUT2D eigenvalue weighted by Crippen LogP contribution is -2.56. The second-order valence-corrected chi connectivity index (χ2v) is 6.95. The minimum absolute atomic E-state index is 0.352. The van der Waals surface area contributed by atoms with Gasteiger partial charge in [-0.1, -0.05) is 33.6 Å². The van der Waals surface area contributed by atoms with Crippen molar-refractivity contribution in [3.63, 3.8) is 0 Å². The Morgan fingerprint density at radius 2 is 1.94 bits per heavy atom. The van der Waals surface area contributed by atoms with E-state index >= 15 is 0 Å². The molecule has 0 amide bonds. The van der Waals surface area contributed by atoms with Crippen LogP contribution >= 0.6 is 0 Å². The third kappa shape index (κ3) is 4.22. The van der Waals surface area contributed by atoms with Crippen molar-refractivity contribution in [2.45, 2.75) is 58.6 Å². The third-order valence-electron chi connectivity index (χ3n) is 4.37. The van der Waals surface area contributed by atoms with Gasteiger partial charge in [-0.15, -0.1) is 0 Å². The molecule has 1 aliphatic heterocycles. The molecule has 1 unspecified atom stereocenters. The first-order valence-electron chi connectivity index (χ1n) is 7.63. The summed E-state index contributed by atoms with van der Waals surface area (Å²) in [6.45, 7) is 12.4. The molecule has 1 aliphatic carbocycles. The molecule has 0 aromatic heterocycles. The van der Waals surface area contributed by atoms with Gasteiger partial charge in [-0.2, -0.15) is 0 Å². The molecular formula is C15H30N2O. The van der Waals surface area contributed by atoms with E-state index in [1.807, 2.05) is 0 Å². The third-order valence-corrected chi connectivity index (χ3v) is 4.37. The summed E-state index contributed by atoms with van der Waals surface area (Å²) in [5, 5.41) is 3.64. The molecule has 0 aromatic rings. The summed E-state index contributed by atoms with van der Waals surface area (Å²) in [4.78, 5) is 2.56. The number of nitrogens with one attached hydrogen (secondary N) is 1. The van der Waals surface area contributed by atoms with Gasteiger partial charge in [-0.3, -0.25) is 4.90 Å². The van der Waals surface area contributed by atoms with E-state index in [0.29, 0.717) is 17.6 Å². The highest BCUT2D eigenvalue weighted by Gasteiger charge is 2.29. The number of piperazine rings is 1. The molecule has 1 saturated carbocycles. The van der Waals surface area contributed by atoms with Crippen LogP contribution in [-0.4, -0.2) is 49.8 Å². The minimum atomic E-state index is 0.352. The molecular weight excluding hydrogens is 224 g/mol. The van der Waals surface area contributed by atoms with Crippen molar-refractivity contribution in [3.8, 4) is 0 Å². The van der Waals surface area contributed by atoms with Crippen LogP contribution in [0.15, 0.2) is 0 Å². The van der Waals surface area contributed by atoms with E-state index in [4.69, 9.17) is 4.74 Å². The highest BCUT2D eigenvalue weighted by atomic mass is 16.5. The molecule has 3 nitrogen and oxygen atoms in total. The average molecular weight is 254 g/mol. The lowest BCUT2D eigenvalue weighted by atomic mass is 9.85. The maximum atomic E-state index is 5.96.